The Balaban J connectivity index is 1.61. The van der Waals surface area contributed by atoms with E-state index in [9.17, 15) is 22.8 Å². The number of aromatic nitrogens is 4. The second-order valence-electron chi connectivity index (χ2n) is 9.38. The number of aryl methyl sites for hydroxylation is 1. The SMILES string of the molecule is Cn1cc(C(F)(F)F)nc1-c1ccc(Cc2nc(Cl)nc3c2C(=O)N(C(=O)OC(C)(C)C)CC3)cc1. The van der Waals surface area contributed by atoms with Crippen LogP contribution in [0.1, 0.15) is 53.8 Å². The highest BCUT2D eigenvalue weighted by atomic mass is 35.5. The quantitative estimate of drug-likeness (QED) is 0.447. The highest BCUT2D eigenvalue weighted by molar-refractivity contribution is 6.28. The number of carbonyl (C=O) groups is 2. The Morgan fingerprint density at radius 2 is 1.78 bits per heavy atom. The summed E-state index contributed by atoms with van der Waals surface area (Å²) >= 11 is 6.10. The monoisotopic (exact) mass is 521 g/mol. The lowest BCUT2D eigenvalue weighted by molar-refractivity contribution is -0.140. The Kier molecular flexibility index (Phi) is 6.54. The summed E-state index contributed by atoms with van der Waals surface area (Å²) in [6.45, 7) is 5.23. The number of benzene rings is 1. The lowest BCUT2D eigenvalue weighted by Gasteiger charge is -2.30. The van der Waals surface area contributed by atoms with E-state index in [1.807, 2.05) is 0 Å². The van der Waals surface area contributed by atoms with Crippen molar-refractivity contribution in [3.05, 3.63) is 64.0 Å². The summed E-state index contributed by atoms with van der Waals surface area (Å²) in [6, 6.07) is 6.70. The number of nitrogens with zero attached hydrogens (tertiary/aromatic N) is 5. The summed E-state index contributed by atoms with van der Waals surface area (Å²) in [5, 5.41) is -0.0217. The zero-order chi connectivity index (χ0) is 26.4. The number of imidazole rings is 1. The van der Waals surface area contributed by atoms with Crippen molar-refractivity contribution in [2.24, 2.45) is 7.05 Å². The molecule has 0 aliphatic carbocycles. The molecule has 0 unspecified atom stereocenters. The first kappa shape index (κ1) is 25.6. The Bertz CT molecular complexity index is 1330. The molecule has 12 heteroatoms. The van der Waals surface area contributed by atoms with E-state index in [1.54, 1.807) is 45.0 Å². The number of imide groups is 1. The second-order valence-corrected chi connectivity index (χ2v) is 9.72. The summed E-state index contributed by atoms with van der Waals surface area (Å²) in [5.41, 5.74) is 0.451. The first-order chi connectivity index (χ1) is 16.7. The molecule has 0 N–H and O–H groups in total. The fourth-order valence-corrected chi connectivity index (χ4v) is 4.07. The van der Waals surface area contributed by atoms with E-state index in [2.05, 4.69) is 15.0 Å². The van der Waals surface area contributed by atoms with Crippen molar-refractivity contribution < 1.29 is 27.5 Å². The minimum atomic E-state index is -4.54. The van der Waals surface area contributed by atoms with Crippen LogP contribution in [0.2, 0.25) is 5.28 Å². The highest BCUT2D eigenvalue weighted by Gasteiger charge is 2.36. The molecule has 0 spiro atoms. The molecule has 0 saturated heterocycles. The predicted molar refractivity (Wildman–Crippen MR) is 124 cm³/mol. The molecule has 8 nitrogen and oxygen atoms in total. The first-order valence-corrected chi connectivity index (χ1v) is 11.4. The normalized spacial score (nSPS) is 14.1. The van der Waals surface area contributed by atoms with Gasteiger partial charge >= 0.3 is 12.3 Å². The molecule has 2 amide bonds. The Labute approximate surface area is 210 Å². The van der Waals surface area contributed by atoms with Crippen LogP contribution in [-0.2, 0) is 30.8 Å². The van der Waals surface area contributed by atoms with Crippen LogP contribution in [0, 0.1) is 0 Å². The number of halogens is 4. The molecule has 190 valence electrons. The number of carbonyl (C=O) groups excluding carboxylic acids is 2. The van der Waals surface area contributed by atoms with E-state index >= 15 is 0 Å². The number of ether oxygens (including phenoxy) is 1. The number of rotatable bonds is 3. The van der Waals surface area contributed by atoms with Gasteiger partial charge in [-0.05, 0) is 37.9 Å². The van der Waals surface area contributed by atoms with Crippen molar-refractivity contribution in [3.8, 4) is 11.4 Å². The van der Waals surface area contributed by atoms with Gasteiger partial charge in [0.1, 0.15) is 11.4 Å². The second kappa shape index (κ2) is 9.20. The fourth-order valence-electron chi connectivity index (χ4n) is 3.86. The van der Waals surface area contributed by atoms with Crippen LogP contribution in [0.4, 0.5) is 18.0 Å². The van der Waals surface area contributed by atoms with Crippen LogP contribution in [0.15, 0.2) is 30.5 Å². The van der Waals surface area contributed by atoms with E-state index in [0.717, 1.165) is 16.7 Å². The fraction of sp³-hybridized carbons (Fsp3) is 0.375. The molecule has 0 saturated carbocycles. The average Bonchev–Trinajstić information content (AvgIpc) is 3.15. The average molecular weight is 522 g/mol. The summed E-state index contributed by atoms with van der Waals surface area (Å²) in [6.07, 6.45) is -3.87. The Hall–Kier alpha value is -3.47. The molecule has 0 radical (unpaired) electrons. The molecule has 2 aromatic heterocycles. The number of hydrogen-bond acceptors (Lipinski definition) is 6. The van der Waals surface area contributed by atoms with Gasteiger partial charge in [0.2, 0.25) is 5.28 Å². The van der Waals surface area contributed by atoms with Crippen LogP contribution in [0.3, 0.4) is 0 Å². The van der Waals surface area contributed by atoms with Gasteiger partial charge in [-0.25, -0.2) is 24.6 Å². The predicted octanol–water partition coefficient (Wildman–Crippen LogP) is 5.07. The van der Waals surface area contributed by atoms with Crippen molar-refractivity contribution in [1.82, 2.24) is 24.4 Å². The third-order valence-electron chi connectivity index (χ3n) is 5.43. The molecular formula is C24H23ClF3N5O3. The van der Waals surface area contributed by atoms with E-state index < -0.39 is 29.5 Å². The lowest BCUT2D eigenvalue weighted by atomic mass is 9.98. The van der Waals surface area contributed by atoms with Gasteiger partial charge in [-0.2, -0.15) is 13.2 Å². The molecule has 1 aromatic carbocycles. The van der Waals surface area contributed by atoms with Crippen LogP contribution in [0.5, 0.6) is 0 Å². The van der Waals surface area contributed by atoms with Gasteiger partial charge in [-0.3, -0.25) is 4.79 Å². The van der Waals surface area contributed by atoms with Crippen molar-refractivity contribution >= 4 is 23.6 Å². The molecule has 4 rings (SSSR count). The van der Waals surface area contributed by atoms with Crippen LogP contribution in [0.25, 0.3) is 11.4 Å². The summed E-state index contributed by atoms with van der Waals surface area (Å²) in [5.74, 6) is -0.402. The number of alkyl halides is 3. The van der Waals surface area contributed by atoms with Gasteiger partial charge in [0.15, 0.2) is 5.69 Å². The zero-order valence-corrected chi connectivity index (χ0v) is 20.7. The Morgan fingerprint density at radius 1 is 1.11 bits per heavy atom. The maximum Gasteiger partial charge on any atom is 0.434 e. The zero-order valence-electron chi connectivity index (χ0n) is 20.0. The van der Waals surface area contributed by atoms with Crippen molar-refractivity contribution in [2.45, 2.75) is 45.4 Å². The number of amides is 2. The van der Waals surface area contributed by atoms with Crippen LogP contribution >= 0.6 is 11.6 Å². The van der Waals surface area contributed by atoms with Crippen molar-refractivity contribution in [2.75, 3.05) is 6.54 Å². The molecule has 0 atom stereocenters. The minimum Gasteiger partial charge on any atom is -0.443 e. The van der Waals surface area contributed by atoms with E-state index in [0.29, 0.717) is 23.4 Å². The molecule has 1 aliphatic rings. The molecule has 0 fully saturated rings. The first-order valence-electron chi connectivity index (χ1n) is 11.0. The van der Waals surface area contributed by atoms with E-state index in [4.69, 9.17) is 16.3 Å². The van der Waals surface area contributed by atoms with E-state index in [1.165, 1.54) is 11.6 Å². The number of fused-ring (bicyclic) bond motifs is 1. The third kappa shape index (κ3) is 5.35. The van der Waals surface area contributed by atoms with Crippen molar-refractivity contribution in [3.63, 3.8) is 0 Å². The molecule has 0 bridgehead atoms. The molecule has 3 heterocycles. The maximum atomic E-state index is 13.2. The van der Waals surface area contributed by atoms with Crippen molar-refractivity contribution in [1.29, 1.82) is 0 Å². The van der Waals surface area contributed by atoms with Gasteiger partial charge in [-0.15, -0.1) is 0 Å². The summed E-state index contributed by atoms with van der Waals surface area (Å²) in [4.78, 5) is 38.9. The van der Waals surface area contributed by atoms with Gasteiger partial charge < -0.3 is 9.30 Å². The topological polar surface area (TPSA) is 90.2 Å². The summed E-state index contributed by atoms with van der Waals surface area (Å²) < 4.78 is 45.7. The van der Waals surface area contributed by atoms with Gasteiger partial charge in [-0.1, -0.05) is 24.3 Å². The smallest absolute Gasteiger partial charge is 0.434 e. The largest absolute Gasteiger partial charge is 0.443 e. The standard InChI is InChI=1S/C24H23ClF3N5O3/c1-23(2,3)36-22(35)33-10-9-15-18(20(33)34)16(30-21(25)29-15)11-13-5-7-14(8-6-13)19-31-17(12-32(19)4)24(26,27)28/h5-8,12H,9-11H2,1-4H3. The van der Waals surface area contributed by atoms with Gasteiger partial charge in [0.25, 0.3) is 5.91 Å². The van der Waals surface area contributed by atoms with E-state index in [-0.39, 0.29) is 29.6 Å². The summed E-state index contributed by atoms with van der Waals surface area (Å²) in [7, 11) is 1.49. The van der Waals surface area contributed by atoms with Gasteiger partial charge in [0, 0.05) is 38.2 Å². The third-order valence-corrected chi connectivity index (χ3v) is 5.60. The molecule has 3 aromatic rings. The molecular weight excluding hydrogens is 499 g/mol. The van der Waals surface area contributed by atoms with Gasteiger partial charge in [0.05, 0.1) is 17.0 Å². The highest BCUT2D eigenvalue weighted by Crippen LogP contribution is 2.31. The molecule has 36 heavy (non-hydrogen) atoms. The number of hydrogen-bond donors (Lipinski definition) is 0. The Morgan fingerprint density at radius 3 is 2.36 bits per heavy atom. The van der Waals surface area contributed by atoms with Crippen LogP contribution in [-0.4, -0.2) is 48.6 Å². The molecule has 1 aliphatic heterocycles. The minimum absolute atomic E-state index is 0.0217. The lowest BCUT2D eigenvalue weighted by Crippen LogP contribution is -2.45. The maximum absolute atomic E-state index is 13.2. The van der Waals surface area contributed by atoms with Crippen LogP contribution < -0.4 is 0 Å².